The molecular weight excluding hydrogens is 288 g/mol. The fourth-order valence-electron chi connectivity index (χ4n) is 2.69. The highest BCUT2D eigenvalue weighted by atomic mass is 35.5. The number of benzene rings is 1. The molecule has 1 saturated carbocycles. The number of amides is 1. The minimum Gasteiger partial charge on any atom is -0.371 e. The summed E-state index contributed by atoms with van der Waals surface area (Å²) in [6.45, 7) is 2.72. The van der Waals surface area contributed by atoms with E-state index < -0.39 is 0 Å². The Morgan fingerprint density at radius 2 is 2.10 bits per heavy atom. The van der Waals surface area contributed by atoms with E-state index >= 15 is 0 Å². The van der Waals surface area contributed by atoms with Crippen molar-refractivity contribution in [3.05, 3.63) is 34.9 Å². The second kappa shape index (κ2) is 6.34. The molecule has 1 aromatic carbocycles. The van der Waals surface area contributed by atoms with Crippen LogP contribution >= 0.6 is 11.6 Å². The fourth-order valence-corrected chi connectivity index (χ4v) is 2.82. The SMILES string of the molecule is CN(C(=O)CN1CCO[C@H](c2ccc(Cl)cc2)C1)C1CC1. The summed E-state index contributed by atoms with van der Waals surface area (Å²) >= 11 is 5.92. The first-order chi connectivity index (χ1) is 10.1. The average Bonchev–Trinajstić information content (AvgIpc) is 3.32. The maximum Gasteiger partial charge on any atom is 0.236 e. The maximum absolute atomic E-state index is 12.2. The number of nitrogens with zero attached hydrogens (tertiary/aromatic N) is 2. The van der Waals surface area contributed by atoms with Gasteiger partial charge in [0.2, 0.25) is 5.91 Å². The molecule has 0 spiro atoms. The van der Waals surface area contributed by atoms with Gasteiger partial charge in [0.15, 0.2) is 0 Å². The van der Waals surface area contributed by atoms with Crippen LogP contribution in [0.5, 0.6) is 0 Å². The number of halogens is 1. The largest absolute Gasteiger partial charge is 0.371 e. The Morgan fingerprint density at radius 3 is 2.76 bits per heavy atom. The monoisotopic (exact) mass is 308 g/mol. The molecule has 4 nitrogen and oxygen atoms in total. The molecule has 0 N–H and O–H groups in total. The molecule has 0 aromatic heterocycles. The van der Waals surface area contributed by atoms with Crippen LogP contribution in [0.4, 0.5) is 0 Å². The van der Waals surface area contributed by atoms with Crippen LogP contribution in [-0.2, 0) is 9.53 Å². The molecule has 0 bridgehead atoms. The summed E-state index contributed by atoms with van der Waals surface area (Å²) in [6.07, 6.45) is 2.33. The molecule has 2 aliphatic rings. The van der Waals surface area contributed by atoms with Gasteiger partial charge in [0.25, 0.3) is 0 Å². The minimum atomic E-state index is 0.0232. The van der Waals surface area contributed by atoms with E-state index in [1.165, 1.54) is 0 Å². The Morgan fingerprint density at radius 1 is 1.38 bits per heavy atom. The van der Waals surface area contributed by atoms with Gasteiger partial charge in [0.1, 0.15) is 0 Å². The molecule has 1 aliphatic carbocycles. The van der Waals surface area contributed by atoms with Gasteiger partial charge in [-0.2, -0.15) is 0 Å². The van der Waals surface area contributed by atoms with E-state index in [0.717, 1.165) is 36.5 Å². The molecule has 1 amide bonds. The first kappa shape index (κ1) is 14.8. The summed E-state index contributed by atoms with van der Waals surface area (Å²) in [5.41, 5.74) is 1.12. The Bertz CT molecular complexity index is 502. The normalized spacial score (nSPS) is 23.0. The van der Waals surface area contributed by atoms with Crippen LogP contribution in [0.15, 0.2) is 24.3 Å². The van der Waals surface area contributed by atoms with E-state index in [4.69, 9.17) is 16.3 Å². The molecule has 1 saturated heterocycles. The molecule has 21 heavy (non-hydrogen) atoms. The van der Waals surface area contributed by atoms with Crippen LogP contribution in [0.25, 0.3) is 0 Å². The zero-order chi connectivity index (χ0) is 14.8. The summed E-state index contributed by atoms with van der Waals surface area (Å²) in [5.74, 6) is 0.217. The van der Waals surface area contributed by atoms with Crippen molar-refractivity contribution in [1.82, 2.24) is 9.80 Å². The van der Waals surface area contributed by atoms with Crippen molar-refractivity contribution in [3.63, 3.8) is 0 Å². The molecule has 1 aliphatic heterocycles. The van der Waals surface area contributed by atoms with E-state index in [-0.39, 0.29) is 12.0 Å². The van der Waals surface area contributed by atoms with Crippen molar-refractivity contribution in [2.45, 2.75) is 25.0 Å². The average molecular weight is 309 g/mol. The fraction of sp³-hybridized carbons (Fsp3) is 0.562. The van der Waals surface area contributed by atoms with Crippen molar-refractivity contribution in [3.8, 4) is 0 Å². The van der Waals surface area contributed by atoms with Crippen LogP contribution in [0.3, 0.4) is 0 Å². The Balaban J connectivity index is 1.57. The standard InChI is InChI=1S/C16H21ClN2O2/c1-18(14-6-7-14)16(20)11-19-8-9-21-15(10-19)12-2-4-13(17)5-3-12/h2-5,14-15H,6-11H2,1H3/t15-/m0/s1. The zero-order valence-electron chi connectivity index (χ0n) is 12.3. The molecule has 2 fully saturated rings. The molecule has 0 radical (unpaired) electrons. The van der Waals surface area contributed by atoms with Crippen molar-refractivity contribution in [2.75, 3.05) is 33.3 Å². The van der Waals surface area contributed by atoms with Gasteiger partial charge >= 0.3 is 0 Å². The number of hydrogen-bond acceptors (Lipinski definition) is 3. The molecule has 1 heterocycles. The summed E-state index contributed by atoms with van der Waals surface area (Å²) in [4.78, 5) is 16.3. The minimum absolute atomic E-state index is 0.0232. The van der Waals surface area contributed by atoms with Crippen LogP contribution < -0.4 is 0 Å². The lowest BCUT2D eigenvalue weighted by molar-refractivity contribution is -0.133. The highest BCUT2D eigenvalue weighted by molar-refractivity contribution is 6.30. The van der Waals surface area contributed by atoms with Crippen LogP contribution in [0, 0.1) is 0 Å². The smallest absolute Gasteiger partial charge is 0.236 e. The van der Waals surface area contributed by atoms with Gasteiger partial charge < -0.3 is 9.64 Å². The number of morpholine rings is 1. The third-order valence-electron chi connectivity index (χ3n) is 4.24. The van der Waals surface area contributed by atoms with E-state index in [2.05, 4.69) is 4.90 Å². The summed E-state index contributed by atoms with van der Waals surface area (Å²) in [7, 11) is 1.91. The third-order valence-corrected chi connectivity index (χ3v) is 4.49. The van der Waals surface area contributed by atoms with Crippen LogP contribution in [0.2, 0.25) is 5.02 Å². The Kier molecular flexibility index (Phi) is 4.48. The highest BCUT2D eigenvalue weighted by Crippen LogP contribution is 2.26. The summed E-state index contributed by atoms with van der Waals surface area (Å²) in [6, 6.07) is 8.23. The second-order valence-electron chi connectivity index (χ2n) is 5.88. The lowest BCUT2D eigenvalue weighted by Crippen LogP contribution is -2.45. The number of likely N-dealkylation sites (N-methyl/N-ethyl adjacent to an activating group) is 1. The predicted molar refractivity (Wildman–Crippen MR) is 82.4 cm³/mol. The lowest BCUT2D eigenvalue weighted by Gasteiger charge is -2.33. The number of ether oxygens (including phenoxy) is 1. The summed E-state index contributed by atoms with van der Waals surface area (Å²) < 4.78 is 5.83. The molecule has 1 atom stereocenters. The van der Waals surface area contributed by atoms with Crippen LogP contribution in [-0.4, -0.2) is 55.0 Å². The van der Waals surface area contributed by atoms with E-state index in [1.54, 1.807) is 0 Å². The molecule has 5 heteroatoms. The molecule has 0 unspecified atom stereocenters. The predicted octanol–water partition coefficient (Wildman–Crippen LogP) is 2.33. The lowest BCUT2D eigenvalue weighted by atomic mass is 10.1. The Hall–Kier alpha value is -1.10. The molecule has 1 aromatic rings. The first-order valence-corrected chi connectivity index (χ1v) is 7.86. The third kappa shape index (κ3) is 3.76. The maximum atomic E-state index is 12.2. The zero-order valence-corrected chi connectivity index (χ0v) is 13.1. The van der Waals surface area contributed by atoms with Gasteiger partial charge in [-0.25, -0.2) is 0 Å². The van der Waals surface area contributed by atoms with Gasteiger partial charge in [-0.3, -0.25) is 9.69 Å². The topological polar surface area (TPSA) is 32.8 Å². The number of rotatable bonds is 4. The summed E-state index contributed by atoms with van der Waals surface area (Å²) in [5, 5.41) is 0.729. The van der Waals surface area contributed by atoms with E-state index in [0.29, 0.717) is 19.2 Å². The molecular formula is C16H21ClN2O2. The quantitative estimate of drug-likeness (QED) is 0.856. The second-order valence-corrected chi connectivity index (χ2v) is 6.32. The van der Waals surface area contributed by atoms with Crippen molar-refractivity contribution >= 4 is 17.5 Å². The highest BCUT2D eigenvalue weighted by Gasteiger charge is 2.31. The number of hydrogen-bond donors (Lipinski definition) is 0. The number of carbonyl (C=O) groups is 1. The Labute approximate surface area is 130 Å². The van der Waals surface area contributed by atoms with Gasteiger partial charge in [0, 0.05) is 31.2 Å². The van der Waals surface area contributed by atoms with Crippen molar-refractivity contribution in [1.29, 1.82) is 0 Å². The van der Waals surface area contributed by atoms with Gasteiger partial charge in [-0.15, -0.1) is 0 Å². The van der Waals surface area contributed by atoms with Gasteiger partial charge in [0.05, 0.1) is 19.3 Å². The number of carbonyl (C=O) groups excluding carboxylic acids is 1. The van der Waals surface area contributed by atoms with E-state index in [9.17, 15) is 4.79 Å². The van der Waals surface area contributed by atoms with Gasteiger partial charge in [-0.05, 0) is 30.5 Å². The van der Waals surface area contributed by atoms with Crippen LogP contribution in [0.1, 0.15) is 24.5 Å². The van der Waals surface area contributed by atoms with Crippen molar-refractivity contribution < 1.29 is 9.53 Å². The molecule has 114 valence electrons. The van der Waals surface area contributed by atoms with Gasteiger partial charge in [-0.1, -0.05) is 23.7 Å². The van der Waals surface area contributed by atoms with Crippen molar-refractivity contribution in [2.24, 2.45) is 0 Å². The molecule has 3 rings (SSSR count). The van der Waals surface area contributed by atoms with E-state index in [1.807, 2.05) is 36.2 Å². The first-order valence-electron chi connectivity index (χ1n) is 7.48.